The lowest BCUT2D eigenvalue weighted by atomic mass is 10.2. The predicted molar refractivity (Wildman–Crippen MR) is 81.9 cm³/mol. The van der Waals surface area contributed by atoms with Crippen LogP contribution in [0.2, 0.25) is 0 Å². The number of benzene rings is 1. The molecule has 1 aromatic carbocycles. The van der Waals surface area contributed by atoms with Crippen LogP contribution >= 0.6 is 11.3 Å². The van der Waals surface area contributed by atoms with Crippen LogP contribution in [-0.4, -0.2) is 21.9 Å². The maximum Gasteiger partial charge on any atom is 0.251 e. The summed E-state index contributed by atoms with van der Waals surface area (Å²) in [6, 6.07) is 7.16. The number of hydrogen-bond donors (Lipinski definition) is 1. The topological polar surface area (TPSA) is 55.6 Å². The number of carbonyl (C=O) groups is 1. The smallest absolute Gasteiger partial charge is 0.251 e. The molecule has 0 fully saturated rings. The summed E-state index contributed by atoms with van der Waals surface area (Å²) >= 11 is 1.57. The van der Waals surface area contributed by atoms with E-state index in [4.69, 9.17) is 4.74 Å². The maximum absolute atomic E-state index is 12.1. The number of amides is 1. The van der Waals surface area contributed by atoms with Gasteiger partial charge in [-0.05, 0) is 25.1 Å². The molecule has 21 heavy (non-hydrogen) atoms. The Hall–Kier alpha value is -2.34. The number of aromatic nitrogens is 2. The highest BCUT2D eigenvalue weighted by Gasteiger charge is 2.08. The van der Waals surface area contributed by atoms with E-state index in [2.05, 4.69) is 10.3 Å². The summed E-state index contributed by atoms with van der Waals surface area (Å²) in [5, 5.41) is 4.85. The number of thiazole rings is 1. The molecule has 0 bridgehead atoms. The summed E-state index contributed by atoms with van der Waals surface area (Å²) in [4.78, 5) is 17.5. The van der Waals surface area contributed by atoms with Gasteiger partial charge in [-0.2, -0.15) is 0 Å². The van der Waals surface area contributed by atoms with Crippen LogP contribution in [0, 0.1) is 0 Å². The van der Waals surface area contributed by atoms with Crippen molar-refractivity contribution in [3.05, 3.63) is 53.3 Å². The van der Waals surface area contributed by atoms with Crippen molar-refractivity contribution < 1.29 is 9.53 Å². The van der Waals surface area contributed by atoms with Crippen molar-refractivity contribution in [2.75, 3.05) is 6.61 Å². The molecule has 0 unspecified atom stereocenters. The van der Waals surface area contributed by atoms with Crippen LogP contribution in [0.15, 0.2) is 42.0 Å². The van der Waals surface area contributed by atoms with Crippen molar-refractivity contribution in [1.29, 1.82) is 0 Å². The fraction of sp³-hybridized carbons (Fsp3) is 0.200. The first-order chi connectivity index (χ1) is 10.3. The first-order valence-electron chi connectivity index (χ1n) is 6.68. The molecule has 0 saturated heterocycles. The Balaban J connectivity index is 1.65. The SMILES string of the molecule is CCOc1cccc(C(=O)NCc2cn3ccsc3n2)c1. The molecule has 0 spiro atoms. The minimum atomic E-state index is -0.132. The van der Waals surface area contributed by atoms with Gasteiger partial charge in [-0.25, -0.2) is 4.98 Å². The highest BCUT2D eigenvalue weighted by molar-refractivity contribution is 7.15. The molecule has 2 heterocycles. The summed E-state index contributed by atoms with van der Waals surface area (Å²) in [6.45, 7) is 2.90. The Labute approximate surface area is 126 Å². The molecule has 3 rings (SSSR count). The van der Waals surface area contributed by atoms with Crippen molar-refractivity contribution in [3.63, 3.8) is 0 Å². The maximum atomic E-state index is 12.1. The van der Waals surface area contributed by atoms with E-state index in [1.165, 1.54) is 0 Å². The molecule has 0 radical (unpaired) electrons. The van der Waals surface area contributed by atoms with Crippen LogP contribution in [0.3, 0.4) is 0 Å². The third kappa shape index (κ3) is 3.05. The summed E-state index contributed by atoms with van der Waals surface area (Å²) in [6.07, 6.45) is 3.87. The van der Waals surface area contributed by atoms with E-state index in [9.17, 15) is 4.79 Å². The van der Waals surface area contributed by atoms with Gasteiger partial charge in [0, 0.05) is 23.3 Å². The lowest BCUT2D eigenvalue weighted by Gasteiger charge is -2.06. The quantitative estimate of drug-likeness (QED) is 0.788. The molecule has 1 N–H and O–H groups in total. The number of hydrogen-bond acceptors (Lipinski definition) is 4. The molecule has 1 amide bonds. The van der Waals surface area contributed by atoms with E-state index in [1.54, 1.807) is 23.5 Å². The van der Waals surface area contributed by atoms with Gasteiger partial charge in [0.25, 0.3) is 5.91 Å². The Bertz CT molecular complexity index is 734. The number of nitrogens with one attached hydrogen (secondary N) is 1. The average Bonchev–Trinajstić information content (AvgIpc) is 3.06. The van der Waals surface area contributed by atoms with E-state index in [0.717, 1.165) is 10.7 Å². The van der Waals surface area contributed by atoms with Gasteiger partial charge in [-0.15, -0.1) is 11.3 Å². The predicted octanol–water partition coefficient (Wildman–Crippen LogP) is 2.72. The first kappa shape index (κ1) is 13.6. The van der Waals surface area contributed by atoms with Crippen LogP contribution < -0.4 is 10.1 Å². The standard InChI is InChI=1S/C15H15N3O2S/c1-2-20-13-5-3-4-11(8-13)14(19)16-9-12-10-18-6-7-21-15(18)17-12/h3-8,10H,2,9H2,1H3,(H,16,19). The molecule has 5 nitrogen and oxygen atoms in total. The van der Waals surface area contributed by atoms with Gasteiger partial charge < -0.3 is 10.1 Å². The minimum Gasteiger partial charge on any atom is -0.494 e. The van der Waals surface area contributed by atoms with Crippen LogP contribution in [0.4, 0.5) is 0 Å². The second-order valence-electron chi connectivity index (χ2n) is 4.47. The Kier molecular flexibility index (Phi) is 3.87. The van der Waals surface area contributed by atoms with E-state index in [0.29, 0.717) is 24.5 Å². The van der Waals surface area contributed by atoms with Crippen molar-refractivity contribution in [3.8, 4) is 5.75 Å². The van der Waals surface area contributed by atoms with E-state index >= 15 is 0 Å². The molecule has 3 aromatic rings. The summed E-state index contributed by atoms with van der Waals surface area (Å²) in [5.74, 6) is 0.570. The van der Waals surface area contributed by atoms with Crippen LogP contribution in [0.1, 0.15) is 23.0 Å². The Morgan fingerprint density at radius 2 is 2.38 bits per heavy atom. The molecular formula is C15H15N3O2S. The van der Waals surface area contributed by atoms with E-state index in [1.807, 2.05) is 41.2 Å². The van der Waals surface area contributed by atoms with Gasteiger partial charge in [0.15, 0.2) is 4.96 Å². The zero-order valence-electron chi connectivity index (χ0n) is 11.6. The normalized spacial score (nSPS) is 10.7. The van der Waals surface area contributed by atoms with Gasteiger partial charge in [0.05, 0.1) is 18.8 Å². The lowest BCUT2D eigenvalue weighted by Crippen LogP contribution is -2.22. The number of rotatable bonds is 5. The average molecular weight is 301 g/mol. The fourth-order valence-electron chi connectivity index (χ4n) is 2.03. The van der Waals surface area contributed by atoms with E-state index in [-0.39, 0.29) is 5.91 Å². The number of imidazole rings is 1. The minimum absolute atomic E-state index is 0.132. The summed E-state index contributed by atoms with van der Waals surface area (Å²) < 4.78 is 7.34. The van der Waals surface area contributed by atoms with E-state index < -0.39 is 0 Å². The molecular weight excluding hydrogens is 286 g/mol. The third-order valence-electron chi connectivity index (χ3n) is 2.98. The van der Waals surface area contributed by atoms with Gasteiger partial charge in [0.2, 0.25) is 0 Å². The van der Waals surface area contributed by atoms with Crippen LogP contribution in [0.25, 0.3) is 4.96 Å². The fourth-order valence-corrected chi connectivity index (χ4v) is 2.75. The van der Waals surface area contributed by atoms with Crippen molar-refractivity contribution in [1.82, 2.24) is 14.7 Å². The van der Waals surface area contributed by atoms with Gasteiger partial charge >= 0.3 is 0 Å². The van der Waals surface area contributed by atoms with Crippen molar-refractivity contribution >= 4 is 22.2 Å². The molecule has 108 valence electrons. The second kappa shape index (κ2) is 5.97. The van der Waals surface area contributed by atoms with Crippen molar-refractivity contribution in [2.24, 2.45) is 0 Å². The number of ether oxygens (including phenoxy) is 1. The number of carbonyl (C=O) groups excluding carboxylic acids is 1. The molecule has 6 heteroatoms. The molecule has 2 aromatic heterocycles. The first-order valence-corrected chi connectivity index (χ1v) is 7.56. The number of nitrogens with zero attached hydrogens (tertiary/aromatic N) is 2. The Morgan fingerprint density at radius 3 is 3.19 bits per heavy atom. The summed E-state index contributed by atoms with van der Waals surface area (Å²) in [5.41, 5.74) is 1.43. The summed E-state index contributed by atoms with van der Waals surface area (Å²) in [7, 11) is 0. The monoisotopic (exact) mass is 301 g/mol. The molecule has 0 aliphatic heterocycles. The Morgan fingerprint density at radius 1 is 1.48 bits per heavy atom. The second-order valence-corrected chi connectivity index (χ2v) is 5.34. The zero-order valence-corrected chi connectivity index (χ0v) is 12.4. The number of fused-ring (bicyclic) bond motifs is 1. The van der Waals surface area contributed by atoms with Gasteiger partial charge in [-0.3, -0.25) is 9.20 Å². The van der Waals surface area contributed by atoms with Gasteiger partial charge in [-0.1, -0.05) is 6.07 Å². The van der Waals surface area contributed by atoms with Crippen LogP contribution in [0.5, 0.6) is 5.75 Å². The third-order valence-corrected chi connectivity index (χ3v) is 3.75. The lowest BCUT2D eigenvalue weighted by molar-refractivity contribution is 0.0950. The largest absolute Gasteiger partial charge is 0.494 e. The highest BCUT2D eigenvalue weighted by atomic mass is 32.1. The molecule has 0 atom stereocenters. The zero-order chi connectivity index (χ0) is 14.7. The molecule has 0 aliphatic carbocycles. The van der Waals surface area contributed by atoms with Gasteiger partial charge in [0.1, 0.15) is 5.75 Å². The highest BCUT2D eigenvalue weighted by Crippen LogP contribution is 2.14. The van der Waals surface area contributed by atoms with Crippen molar-refractivity contribution in [2.45, 2.75) is 13.5 Å². The molecule has 0 aliphatic rings. The van der Waals surface area contributed by atoms with Crippen LogP contribution in [-0.2, 0) is 6.54 Å². The molecule has 0 saturated carbocycles.